The van der Waals surface area contributed by atoms with Crippen LogP contribution >= 0.6 is 22.9 Å². The van der Waals surface area contributed by atoms with Crippen LogP contribution in [0.15, 0.2) is 24.3 Å². The molecule has 0 radical (unpaired) electrons. The Morgan fingerprint density at radius 3 is 2.89 bits per heavy atom. The van der Waals surface area contributed by atoms with Gasteiger partial charge in [-0.25, -0.2) is 4.98 Å². The van der Waals surface area contributed by atoms with Crippen molar-refractivity contribution in [1.29, 1.82) is 0 Å². The third-order valence-corrected chi connectivity index (χ3v) is 4.22. The highest BCUT2D eigenvalue weighted by molar-refractivity contribution is 7.18. The predicted octanol–water partition coefficient (Wildman–Crippen LogP) is 3.13. The fourth-order valence-electron chi connectivity index (χ4n) is 1.71. The maximum atomic E-state index is 11.9. The van der Waals surface area contributed by atoms with E-state index in [9.17, 15) is 4.79 Å². The zero-order valence-electron chi connectivity index (χ0n) is 10.4. The van der Waals surface area contributed by atoms with E-state index in [4.69, 9.17) is 11.6 Å². The summed E-state index contributed by atoms with van der Waals surface area (Å²) in [6.45, 7) is 2.38. The third kappa shape index (κ3) is 2.82. The molecule has 0 spiro atoms. The van der Waals surface area contributed by atoms with Gasteiger partial charge in [-0.2, -0.15) is 0 Å². The van der Waals surface area contributed by atoms with Gasteiger partial charge in [0.1, 0.15) is 5.01 Å². The Balaban J connectivity index is 2.11. The summed E-state index contributed by atoms with van der Waals surface area (Å²) >= 11 is 7.32. The van der Waals surface area contributed by atoms with E-state index in [2.05, 4.69) is 4.98 Å². The molecule has 2 rings (SSSR count). The molecular weight excluding hydrogens is 268 g/mol. The highest BCUT2D eigenvalue weighted by atomic mass is 35.5. The minimum absolute atomic E-state index is 0.0595. The summed E-state index contributed by atoms with van der Waals surface area (Å²) in [6, 6.07) is 7.99. The maximum absolute atomic E-state index is 11.9. The standard InChI is InChI=1S/C13H15ClN2OS/c1-9(7-14)13(17)16(2)8-12-15-10-5-3-4-6-11(10)18-12/h3-6,9H,7-8H2,1-2H3. The van der Waals surface area contributed by atoms with Gasteiger partial charge in [-0.1, -0.05) is 19.1 Å². The predicted molar refractivity (Wildman–Crippen MR) is 76.0 cm³/mol. The minimum atomic E-state index is -0.147. The van der Waals surface area contributed by atoms with Gasteiger partial charge in [0.05, 0.1) is 16.8 Å². The second kappa shape index (κ2) is 5.67. The molecule has 0 aliphatic rings. The van der Waals surface area contributed by atoms with Crippen LogP contribution in [0.4, 0.5) is 0 Å². The number of carbonyl (C=O) groups excluding carboxylic acids is 1. The van der Waals surface area contributed by atoms with Crippen LogP contribution in [0.5, 0.6) is 0 Å². The van der Waals surface area contributed by atoms with Gasteiger partial charge in [0.25, 0.3) is 0 Å². The smallest absolute Gasteiger partial charge is 0.226 e. The van der Waals surface area contributed by atoms with E-state index >= 15 is 0 Å². The number of benzene rings is 1. The number of amides is 1. The quantitative estimate of drug-likeness (QED) is 0.807. The number of carbonyl (C=O) groups is 1. The maximum Gasteiger partial charge on any atom is 0.226 e. The van der Waals surface area contributed by atoms with Crippen LogP contribution in [0.1, 0.15) is 11.9 Å². The molecule has 1 amide bonds. The van der Waals surface area contributed by atoms with Gasteiger partial charge in [0.15, 0.2) is 0 Å². The molecule has 1 unspecified atom stereocenters. The van der Waals surface area contributed by atoms with Gasteiger partial charge < -0.3 is 4.90 Å². The lowest BCUT2D eigenvalue weighted by atomic mass is 10.2. The van der Waals surface area contributed by atoms with Crippen molar-refractivity contribution in [3.05, 3.63) is 29.3 Å². The van der Waals surface area contributed by atoms with E-state index in [-0.39, 0.29) is 11.8 Å². The molecule has 1 aromatic heterocycles. The monoisotopic (exact) mass is 282 g/mol. The molecule has 0 saturated heterocycles. The first kappa shape index (κ1) is 13.3. The van der Waals surface area contributed by atoms with Crippen molar-refractivity contribution in [2.24, 2.45) is 5.92 Å². The molecule has 1 heterocycles. The third-order valence-electron chi connectivity index (χ3n) is 2.74. The minimum Gasteiger partial charge on any atom is -0.339 e. The number of aromatic nitrogens is 1. The molecule has 18 heavy (non-hydrogen) atoms. The summed E-state index contributed by atoms with van der Waals surface area (Å²) in [5, 5.41) is 0.953. The van der Waals surface area contributed by atoms with Crippen LogP contribution in [0.3, 0.4) is 0 Å². The lowest BCUT2D eigenvalue weighted by molar-refractivity contribution is -0.133. The Morgan fingerprint density at radius 2 is 2.22 bits per heavy atom. The number of alkyl halides is 1. The van der Waals surface area contributed by atoms with Crippen molar-refractivity contribution in [3.63, 3.8) is 0 Å². The van der Waals surface area contributed by atoms with Crippen molar-refractivity contribution < 1.29 is 4.79 Å². The fourth-order valence-corrected chi connectivity index (χ4v) is 2.86. The topological polar surface area (TPSA) is 33.2 Å². The number of fused-ring (bicyclic) bond motifs is 1. The molecule has 0 aliphatic carbocycles. The first-order valence-corrected chi connectivity index (χ1v) is 7.12. The highest BCUT2D eigenvalue weighted by Gasteiger charge is 2.17. The van der Waals surface area contributed by atoms with E-state index in [1.165, 1.54) is 0 Å². The second-order valence-corrected chi connectivity index (χ2v) is 5.75. The summed E-state index contributed by atoms with van der Waals surface area (Å²) in [7, 11) is 1.79. The largest absolute Gasteiger partial charge is 0.339 e. The molecule has 0 fully saturated rings. The summed E-state index contributed by atoms with van der Waals surface area (Å²) < 4.78 is 1.15. The van der Waals surface area contributed by atoms with Gasteiger partial charge in [-0.15, -0.1) is 22.9 Å². The number of rotatable bonds is 4. The van der Waals surface area contributed by atoms with Gasteiger partial charge in [0, 0.05) is 18.8 Å². The number of halogens is 1. The van der Waals surface area contributed by atoms with E-state index in [0.717, 1.165) is 15.2 Å². The lowest BCUT2D eigenvalue weighted by Crippen LogP contribution is -2.31. The van der Waals surface area contributed by atoms with E-state index in [1.807, 2.05) is 31.2 Å². The first-order chi connectivity index (χ1) is 8.61. The molecule has 1 aromatic carbocycles. The van der Waals surface area contributed by atoms with E-state index < -0.39 is 0 Å². The second-order valence-electron chi connectivity index (χ2n) is 4.32. The summed E-state index contributed by atoms with van der Waals surface area (Å²) in [5.41, 5.74) is 0.990. The summed E-state index contributed by atoms with van der Waals surface area (Å²) in [6.07, 6.45) is 0. The van der Waals surface area contributed by atoms with Crippen molar-refractivity contribution in [2.45, 2.75) is 13.5 Å². The van der Waals surface area contributed by atoms with Gasteiger partial charge in [0.2, 0.25) is 5.91 Å². The Hall–Kier alpha value is -1.13. The van der Waals surface area contributed by atoms with Crippen LogP contribution in [0.2, 0.25) is 0 Å². The number of para-hydroxylation sites is 1. The van der Waals surface area contributed by atoms with Crippen LogP contribution in [-0.2, 0) is 11.3 Å². The number of nitrogens with zero attached hydrogens (tertiary/aromatic N) is 2. The molecule has 5 heteroatoms. The number of thiazole rings is 1. The van der Waals surface area contributed by atoms with Crippen LogP contribution in [-0.4, -0.2) is 28.7 Å². The highest BCUT2D eigenvalue weighted by Crippen LogP contribution is 2.22. The van der Waals surface area contributed by atoms with Crippen LogP contribution in [0, 0.1) is 5.92 Å². The zero-order chi connectivity index (χ0) is 13.1. The Labute approximate surface area is 115 Å². The van der Waals surface area contributed by atoms with Gasteiger partial charge in [-0.3, -0.25) is 4.79 Å². The molecule has 0 N–H and O–H groups in total. The Kier molecular flexibility index (Phi) is 4.19. The first-order valence-electron chi connectivity index (χ1n) is 5.77. The van der Waals surface area contributed by atoms with Crippen molar-refractivity contribution in [1.82, 2.24) is 9.88 Å². The summed E-state index contributed by atoms with van der Waals surface area (Å²) in [5.74, 6) is 0.263. The van der Waals surface area contributed by atoms with Gasteiger partial charge >= 0.3 is 0 Å². The molecule has 0 saturated carbocycles. The van der Waals surface area contributed by atoms with Crippen molar-refractivity contribution in [3.8, 4) is 0 Å². The molecule has 0 aliphatic heterocycles. The number of hydrogen-bond donors (Lipinski definition) is 0. The lowest BCUT2D eigenvalue weighted by Gasteiger charge is -2.18. The fraction of sp³-hybridized carbons (Fsp3) is 0.385. The average Bonchev–Trinajstić information content (AvgIpc) is 2.78. The van der Waals surface area contributed by atoms with Gasteiger partial charge in [-0.05, 0) is 12.1 Å². The molecule has 0 bridgehead atoms. The van der Waals surface area contributed by atoms with Crippen LogP contribution < -0.4 is 0 Å². The van der Waals surface area contributed by atoms with E-state index in [0.29, 0.717) is 12.4 Å². The Bertz CT molecular complexity index is 522. The number of hydrogen-bond acceptors (Lipinski definition) is 3. The SMILES string of the molecule is CC(CCl)C(=O)N(C)Cc1nc2ccccc2s1. The molecular formula is C13H15ClN2OS. The van der Waals surface area contributed by atoms with Crippen LogP contribution in [0.25, 0.3) is 10.2 Å². The van der Waals surface area contributed by atoms with Crippen molar-refractivity contribution >= 4 is 39.1 Å². The molecule has 2 aromatic rings. The molecule has 1 atom stereocenters. The molecule has 96 valence electrons. The molecule has 3 nitrogen and oxygen atoms in total. The van der Waals surface area contributed by atoms with Crippen molar-refractivity contribution in [2.75, 3.05) is 12.9 Å². The Morgan fingerprint density at radius 1 is 1.50 bits per heavy atom. The normalized spacial score (nSPS) is 12.6. The zero-order valence-corrected chi connectivity index (χ0v) is 12.0. The van der Waals surface area contributed by atoms with E-state index in [1.54, 1.807) is 23.3 Å². The average molecular weight is 283 g/mol. The summed E-state index contributed by atoms with van der Waals surface area (Å²) in [4.78, 5) is 18.1.